The second-order valence-electron chi connectivity index (χ2n) is 8.16. The van der Waals surface area contributed by atoms with Crippen molar-refractivity contribution in [3.63, 3.8) is 0 Å². The second-order valence-corrected chi connectivity index (χ2v) is 8.16. The molecule has 1 atom stereocenters. The molecule has 2 aliphatic rings. The van der Waals surface area contributed by atoms with E-state index in [1.165, 1.54) is 0 Å². The van der Waals surface area contributed by atoms with Crippen molar-refractivity contribution in [1.82, 2.24) is 24.4 Å². The molecular weight excluding hydrogens is 411 g/mol. The maximum Gasteiger partial charge on any atom is 0.433 e. The number of rotatable bonds is 6. The molecule has 7 nitrogen and oxygen atoms in total. The van der Waals surface area contributed by atoms with Gasteiger partial charge in [-0.3, -0.25) is 9.59 Å². The van der Waals surface area contributed by atoms with E-state index >= 15 is 0 Å². The molecule has 2 amide bonds. The van der Waals surface area contributed by atoms with Gasteiger partial charge in [0.2, 0.25) is 11.8 Å². The summed E-state index contributed by atoms with van der Waals surface area (Å²) in [6.45, 7) is 3.62. The summed E-state index contributed by atoms with van der Waals surface area (Å²) < 4.78 is 41.5. The highest BCUT2D eigenvalue weighted by molar-refractivity contribution is 5.79. The molecule has 2 aliphatic heterocycles. The molecule has 0 aromatic carbocycles. The van der Waals surface area contributed by atoms with Gasteiger partial charge in [-0.2, -0.15) is 18.3 Å². The minimum atomic E-state index is -4.55. The average molecular weight is 437 g/mol. The third-order valence-corrected chi connectivity index (χ3v) is 6.06. The number of aromatic nitrogens is 3. The van der Waals surface area contributed by atoms with Gasteiger partial charge in [0.25, 0.3) is 0 Å². The Morgan fingerprint density at radius 3 is 2.71 bits per heavy atom. The maximum atomic E-state index is 13.5. The number of hydrogen-bond acceptors (Lipinski definition) is 4. The van der Waals surface area contributed by atoms with E-state index in [9.17, 15) is 22.8 Å². The first kappa shape index (κ1) is 21.6. The lowest BCUT2D eigenvalue weighted by molar-refractivity contribution is -0.142. The van der Waals surface area contributed by atoms with E-state index in [1.54, 1.807) is 22.8 Å². The molecule has 0 unspecified atom stereocenters. The molecule has 31 heavy (non-hydrogen) atoms. The van der Waals surface area contributed by atoms with Crippen LogP contribution in [0.15, 0.2) is 12.1 Å². The zero-order valence-corrected chi connectivity index (χ0v) is 17.5. The van der Waals surface area contributed by atoms with Gasteiger partial charge >= 0.3 is 6.18 Å². The Morgan fingerprint density at radius 1 is 1.23 bits per heavy atom. The average Bonchev–Trinajstić information content (AvgIpc) is 3.45. The van der Waals surface area contributed by atoms with Gasteiger partial charge in [-0.1, -0.05) is 6.92 Å². The van der Waals surface area contributed by atoms with Crippen molar-refractivity contribution in [1.29, 1.82) is 0 Å². The topological polar surface area (TPSA) is 70.8 Å². The first-order valence-corrected chi connectivity index (χ1v) is 10.8. The van der Waals surface area contributed by atoms with Crippen LogP contribution in [0.25, 0.3) is 5.65 Å². The number of aryl methyl sites for hydroxylation is 1. The minimum Gasteiger partial charge on any atom is -0.343 e. The highest BCUT2D eigenvalue weighted by atomic mass is 19.4. The normalized spacial score (nSPS) is 19.7. The summed E-state index contributed by atoms with van der Waals surface area (Å²) >= 11 is 0. The molecule has 2 saturated heterocycles. The van der Waals surface area contributed by atoms with Gasteiger partial charge in [0, 0.05) is 44.2 Å². The summed E-state index contributed by atoms with van der Waals surface area (Å²) in [5.74, 6) is 0.0834. The Bertz CT molecular complexity index is 987. The van der Waals surface area contributed by atoms with Crippen LogP contribution in [0, 0.1) is 0 Å². The van der Waals surface area contributed by atoms with Crippen molar-refractivity contribution >= 4 is 17.5 Å². The predicted molar refractivity (Wildman–Crippen MR) is 106 cm³/mol. The lowest BCUT2D eigenvalue weighted by Crippen LogP contribution is -2.32. The summed E-state index contributed by atoms with van der Waals surface area (Å²) in [6, 6.07) is 2.24. The van der Waals surface area contributed by atoms with Gasteiger partial charge in [-0.05, 0) is 38.2 Å². The van der Waals surface area contributed by atoms with Crippen molar-refractivity contribution in [2.24, 2.45) is 0 Å². The predicted octanol–water partition coefficient (Wildman–Crippen LogP) is 3.38. The lowest BCUT2D eigenvalue weighted by atomic mass is 10.1. The quantitative estimate of drug-likeness (QED) is 0.695. The van der Waals surface area contributed by atoms with Gasteiger partial charge in [-0.15, -0.1) is 0 Å². The molecule has 2 fully saturated rings. The molecule has 0 N–H and O–H groups in total. The van der Waals surface area contributed by atoms with Gasteiger partial charge in [0.05, 0.1) is 11.7 Å². The van der Waals surface area contributed by atoms with E-state index in [2.05, 4.69) is 10.1 Å². The first-order chi connectivity index (χ1) is 14.8. The zero-order valence-electron chi connectivity index (χ0n) is 17.5. The standard InChI is InChI=1S/C21H26F3N5O2/c1-2-14-12-17(21(22,23)24)29-18(25-14)13-15(26-29)16-6-3-11-28(16)20(31)8-5-10-27-9-4-7-19(27)30/h12-13,16H,2-11H2,1H3/t16-/m0/s1. The van der Waals surface area contributed by atoms with Crippen LogP contribution in [0.5, 0.6) is 0 Å². The largest absolute Gasteiger partial charge is 0.433 e. The van der Waals surface area contributed by atoms with Crippen molar-refractivity contribution in [3.05, 3.63) is 29.2 Å². The van der Waals surface area contributed by atoms with Crippen LogP contribution in [0.2, 0.25) is 0 Å². The number of likely N-dealkylation sites (tertiary alicyclic amines) is 2. The molecule has 0 bridgehead atoms. The maximum absolute atomic E-state index is 13.5. The number of carbonyl (C=O) groups is 2. The Hall–Kier alpha value is -2.65. The summed E-state index contributed by atoms with van der Waals surface area (Å²) in [5, 5.41) is 4.21. The van der Waals surface area contributed by atoms with Crippen LogP contribution in [0.1, 0.15) is 68.6 Å². The highest BCUT2D eigenvalue weighted by Gasteiger charge is 2.37. The van der Waals surface area contributed by atoms with E-state index < -0.39 is 11.9 Å². The Balaban J connectivity index is 1.51. The van der Waals surface area contributed by atoms with Gasteiger partial charge in [-0.25, -0.2) is 9.50 Å². The summed E-state index contributed by atoms with van der Waals surface area (Å²) in [4.78, 5) is 32.3. The molecule has 10 heteroatoms. The monoisotopic (exact) mass is 437 g/mol. The van der Waals surface area contributed by atoms with Crippen LogP contribution in [-0.4, -0.2) is 55.8 Å². The number of fused-ring (bicyclic) bond motifs is 1. The summed E-state index contributed by atoms with van der Waals surface area (Å²) in [6.07, 6.45) is -0.415. The molecule has 4 heterocycles. The molecule has 168 valence electrons. The fraction of sp³-hybridized carbons (Fsp3) is 0.619. The fourth-order valence-corrected chi connectivity index (χ4v) is 4.47. The van der Waals surface area contributed by atoms with Crippen LogP contribution in [0.3, 0.4) is 0 Å². The minimum absolute atomic E-state index is 0.0514. The number of alkyl halides is 3. The Labute approximate surface area is 178 Å². The van der Waals surface area contributed by atoms with Crippen LogP contribution in [-0.2, 0) is 22.2 Å². The van der Waals surface area contributed by atoms with Gasteiger partial charge < -0.3 is 9.80 Å². The lowest BCUT2D eigenvalue weighted by Gasteiger charge is -2.24. The molecule has 4 rings (SSSR count). The van der Waals surface area contributed by atoms with Gasteiger partial charge in [0.1, 0.15) is 5.69 Å². The van der Waals surface area contributed by atoms with Crippen LogP contribution < -0.4 is 0 Å². The molecule has 0 radical (unpaired) electrons. The smallest absolute Gasteiger partial charge is 0.343 e. The molecule has 0 spiro atoms. The SMILES string of the molecule is CCc1cc(C(F)(F)F)n2nc([C@@H]3CCCN3C(=O)CCCN3CCCC3=O)cc2n1. The number of amides is 2. The summed E-state index contributed by atoms with van der Waals surface area (Å²) in [5.41, 5.74) is 0.0780. The third-order valence-electron chi connectivity index (χ3n) is 6.06. The summed E-state index contributed by atoms with van der Waals surface area (Å²) in [7, 11) is 0. The Kier molecular flexibility index (Phi) is 5.90. The van der Waals surface area contributed by atoms with E-state index in [0.29, 0.717) is 56.6 Å². The molecule has 0 saturated carbocycles. The van der Waals surface area contributed by atoms with E-state index in [4.69, 9.17) is 0 Å². The van der Waals surface area contributed by atoms with Crippen molar-refractivity contribution in [3.8, 4) is 0 Å². The van der Waals surface area contributed by atoms with E-state index in [0.717, 1.165) is 30.0 Å². The Morgan fingerprint density at radius 2 is 2.03 bits per heavy atom. The zero-order chi connectivity index (χ0) is 22.2. The van der Waals surface area contributed by atoms with E-state index in [-0.39, 0.29) is 23.5 Å². The van der Waals surface area contributed by atoms with Crippen molar-refractivity contribution < 1.29 is 22.8 Å². The van der Waals surface area contributed by atoms with Crippen molar-refractivity contribution in [2.45, 2.75) is 64.1 Å². The second kappa shape index (κ2) is 8.47. The number of halogens is 3. The number of carbonyl (C=O) groups excluding carboxylic acids is 2. The number of nitrogens with zero attached hydrogens (tertiary/aromatic N) is 5. The highest BCUT2D eigenvalue weighted by Crippen LogP contribution is 2.35. The first-order valence-electron chi connectivity index (χ1n) is 10.8. The van der Waals surface area contributed by atoms with Crippen LogP contribution in [0.4, 0.5) is 13.2 Å². The van der Waals surface area contributed by atoms with E-state index in [1.807, 2.05) is 0 Å². The third kappa shape index (κ3) is 4.38. The molecular formula is C21H26F3N5O2. The van der Waals surface area contributed by atoms with Crippen molar-refractivity contribution in [2.75, 3.05) is 19.6 Å². The molecule has 0 aliphatic carbocycles. The van der Waals surface area contributed by atoms with Gasteiger partial charge in [0.15, 0.2) is 5.65 Å². The number of hydrogen-bond donors (Lipinski definition) is 0. The van der Waals surface area contributed by atoms with Crippen LogP contribution >= 0.6 is 0 Å². The molecule has 2 aromatic heterocycles. The molecule has 2 aromatic rings. The fourth-order valence-electron chi connectivity index (χ4n) is 4.47.